The molecular formula is C13H24N4. The van der Waals surface area contributed by atoms with E-state index in [0.717, 1.165) is 25.2 Å². The molecule has 1 saturated carbocycles. The van der Waals surface area contributed by atoms with Crippen LogP contribution in [0.1, 0.15) is 51.8 Å². The van der Waals surface area contributed by atoms with Gasteiger partial charge in [0.1, 0.15) is 12.2 Å². The highest BCUT2D eigenvalue weighted by Crippen LogP contribution is 2.36. The number of aryl methyl sites for hydroxylation is 1. The number of hydrogen-bond acceptors (Lipinski definition) is 3. The summed E-state index contributed by atoms with van der Waals surface area (Å²) in [6.07, 6.45) is 8.68. The predicted molar refractivity (Wildman–Crippen MR) is 68.6 cm³/mol. The molecule has 0 saturated heterocycles. The van der Waals surface area contributed by atoms with Crippen LogP contribution in [0.15, 0.2) is 6.33 Å². The molecule has 0 bridgehead atoms. The average molecular weight is 236 g/mol. The molecule has 0 radical (unpaired) electrons. The lowest BCUT2D eigenvalue weighted by Crippen LogP contribution is -2.51. The molecule has 1 aromatic rings. The number of nitrogens with zero attached hydrogens (tertiary/aromatic N) is 3. The second-order valence-electron chi connectivity index (χ2n) is 5.25. The molecular weight excluding hydrogens is 212 g/mol. The Morgan fingerprint density at radius 3 is 3.00 bits per heavy atom. The van der Waals surface area contributed by atoms with Gasteiger partial charge in [-0.1, -0.05) is 26.2 Å². The summed E-state index contributed by atoms with van der Waals surface area (Å²) in [4.78, 5) is 4.37. The first-order chi connectivity index (χ1) is 8.19. The molecule has 96 valence electrons. The van der Waals surface area contributed by atoms with E-state index in [4.69, 9.17) is 5.73 Å². The quantitative estimate of drug-likeness (QED) is 0.871. The fourth-order valence-electron chi connectivity index (χ4n) is 3.16. The third-order valence-electron chi connectivity index (χ3n) is 4.23. The number of aromatic nitrogens is 3. The van der Waals surface area contributed by atoms with Gasteiger partial charge in [0.15, 0.2) is 0 Å². The van der Waals surface area contributed by atoms with Gasteiger partial charge in [0, 0.05) is 18.5 Å². The predicted octanol–water partition coefficient (Wildman–Crippen LogP) is 2.14. The highest BCUT2D eigenvalue weighted by Gasteiger charge is 2.37. The van der Waals surface area contributed by atoms with Crippen LogP contribution < -0.4 is 5.73 Å². The first-order valence-electron chi connectivity index (χ1n) is 6.85. The first kappa shape index (κ1) is 12.6. The van der Waals surface area contributed by atoms with Crippen LogP contribution in [-0.2, 0) is 13.0 Å². The van der Waals surface area contributed by atoms with E-state index < -0.39 is 0 Å². The van der Waals surface area contributed by atoms with Crippen LogP contribution in [0, 0.1) is 5.92 Å². The van der Waals surface area contributed by atoms with Gasteiger partial charge in [-0.15, -0.1) is 0 Å². The summed E-state index contributed by atoms with van der Waals surface area (Å²) >= 11 is 0. The molecule has 2 unspecified atom stereocenters. The van der Waals surface area contributed by atoms with E-state index >= 15 is 0 Å². The van der Waals surface area contributed by atoms with Crippen LogP contribution in [0.2, 0.25) is 0 Å². The van der Waals surface area contributed by atoms with Crippen LogP contribution in [0.3, 0.4) is 0 Å². The largest absolute Gasteiger partial charge is 0.324 e. The lowest BCUT2D eigenvalue weighted by atomic mass is 9.70. The summed E-state index contributed by atoms with van der Waals surface area (Å²) in [5, 5.41) is 4.23. The molecule has 2 N–H and O–H groups in total. The van der Waals surface area contributed by atoms with Gasteiger partial charge in [-0.3, -0.25) is 4.68 Å². The van der Waals surface area contributed by atoms with Crippen molar-refractivity contribution in [2.75, 3.05) is 0 Å². The summed E-state index contributed by atoms with van der Waals surface area (Å²) < 4.78 is 1.97. The Labute approximate surface area is 104 Å². The van der Waals surface area contributed by atoms with E-state index in [2.05, 4.69) is 23.9 Å². The third kappa shape index (κ3) is 2.51. The van der Waals surface area contributed by atoms with Crippen molar-refractivity contribution in [3.05, 3.63) is 12.2 Å². The van der Waals surface area contributed by atoms with Crippen LogP contribution in [0.4, 0.5) is 0 Å². The zero-order valence-corrected chi connectivity index (χ0v) is 11.0. The summed E-state index contributed by atoms with van der Waals surface area (Å²) in [5.41, 5.74) is 6.58. The Hall–Kier alpha value is -0.900. The van der Waals surface area contributed by atoms with Crippen LogP contribution >= 0.6 is 0 Å². The zero-order chi connectivity index (χ0) is 12.3. The molecule has 0 spiro atoms. The van der Waals surface area contributed by atoms with Crippen LogP contribution in [0.5, 0.6) is 0 Å². The maximum Gasteiger partial charge on any atom is 0.138 e. The standard InChI is InChI=1S/C13H24N4/c1-3-11-7-5-6-8-13(11,14)9-12-15-10-16-17(12)4-2/h10-11H,3-9,14H2,1-2H3. The molecule has 1 heterocycles. The summed E-state index contributed by atoms with van der Waals surface area (Å²) in [6.45, 7) is 5.23. The number of hydrogen-bond donors (Lipinski definition) is 1. The van der Waals surface area contributed by atoms with Gasteiger partial charge in [0.25, 0.3) is 0 Å². The van der Waals surface area contributed by atoms with Crippen molar-refractivity contribution >= 4 is 0 Å². The number of rotatable bonds is 4. The van der Waals surface area contributed by atoms with Gasteiger partial charge in [0.2, 0.25) is 0 Å². The smallest absolute Gasteiger partial charge is 0.138 e. The SMILES string of the molecule is CCC1CCCCC1(N)Cc1ncnn1CC. The van der Waals surface area contributed by atoms with E-state index in [1.54, 1.807) is 6.33 Å². The molecule has 0 aliphatic heterocycles. The third-order valence-corrected chi connectivity index (χ3v) is 4.23. The summed E-state index contributed by atoms with van der Waals surface area (Å²) in [5.74, 6) is 1.69. The fourth-order valence-corrected chi connectivity index (χ4v) is 3.16. The minimum atomic E-state index is -0.0625. The van der Waals surface area contributed by atoms with Crippen molar-refractivity contribution in [1.29, 1.82) is 0 Å². The van der Waals surface area contributed by atoms with Gasteiger partial charge in [-0.05, 0) is 25.7 Å². The van der Waals surface area contributed by atoms with Gasteiger partial charge in [0.05, 0.1) is 0 Å². The fraction of sp³-hybridized carbons (Fsp3) is 0.846. The Bertz CT molecular complexity index is 360. The minimum absolute atomic E-state index is 0.0625. The van der Waals surface area contributed by atoms with E-state index in [1.807, 2.05) is 4.68 Å². The molecule has 4 heteroatoms. The van der Waals surface area contributed by atoms with Gasteiger partial charge >= 0.3 is 0 Å². The lowest BCUT2D eigenvalue weighted by Gasteiger charge is -2.40. The first-order valence-corrected chi connectivity index (χ1v) is 6.85. The highest BCUT2D eigenvalue weighted by molar-refractivity contribution is 5.02. The molecule has 1 aromatic heterocycles. The molecule has 1 aliphatic rings. The van der Waals surface area contributed by atoms with Crippen molar-refractivity contribution in [2.45, 2.75) is 64.5 Å². The van der Waals surface area contributed by atoms with Crippen LogP contribution in [-0.4, -0.2) is 20.3 Å². The molecule has 0 aromatic carbocycles. The molecule has 4 nitrogen and oxygen atoms in total. The summed E-state index contributed by atoms with van der Waals surface area (Å²) in [7, 11) is 0. The monoisotopic (exact) mass is 236 g/mol. The van der Waals surface area contributed by atoms with Crippen molar-refractivity contribution in [3.63, 3.8) is 0 Å². The van der Waals surface area contributed by atoms with Crippen molar-refractivity contribution in [3.8, 4) is 0 Å². The molecule has 1 aliphatic carbocycles. The van der Waals surface area contributed by atoms with Gasteiger partial charge in [-0.2, -0.15) is 5.10 Å². The normalized spacial score (nSPS) is 29.5. The molecule has 0 amide bonds. The molecule has 17 heavy (non-hydrogen) atoms. The van der Waals surface area contributed by atoms with Gasteiger partial charge < -0.3 is 5.73 Å². The highest BCUT2D eigenvalue weighted by atomic mass is 15.3. The van der Waals surface area contributed by atoms with Crippen molar-refractivity contribution in [1.82, 2.24) is 14.8 Å². The second-order valence-corrected chi connectivity index (χ2v) is 5.25. The Balaban J connectivity index is 2.14. The van der Waals surface area contributed by atoms with E-state index in [9.17, 15) is 0 Å². The van der Waals surface area contributed by atoms with Crippen molar-refractivity contribution < 1.29 is 0 Å². The van der Waals surface area contributed by atoms with E-state index in [0.29, 0.717) is 5.92 Å². The van der Waals surface area contributed by atoms with E-state index in [-0.39, 0.29) is 5.54 Å². The molecule has 1 fully saturated rings. The Morgan fingerprint density at radius 2 is 2.29 bits per heavy atom. The molecule has 2 atom stereocenters. The Kier molecular flexibility index (Phi) is 3.82. The summed E-state index contributed by atoms with van der Waals surface area (Å²) in [6, 6.07) is 0. The minimum Gasteiger partial charge on any atom is -0.324 e. The zero-order valence-electron chi connectivity index (χ0n) is 11.0. The second kappa shape index (κ2) is 5.17. The molecule has 2 rings (SSSR count). The van der Waals surface area contributed by atoms with E-state index in [1.165, 1.54) is 25.7 Å². The number of nitrogens with two attached hydrogens (primary N) is 1. The lowest BCUT2D eigenvalue weighted by molar-refractivity contribution is 0.178. The van der Waals surface area contributed by atoms with Gasteiger partial charge in [-0.25, -0.2) is 4.98 Å². The van der Waals surface area contributed by atoms with Crippen molar-refractivity contribution in [2.24, 2.45) is 11.7 Å². The topological polar surface area (TPSA) is 56.7 Å². The maximum atomic E-state index is 6.65. The average Bonchev–Trinajstić information content (AvgIpc) is 2.76. The maximum absolute atomic E-state index is 6.65. The van der Waals surface area contributed by atoms with Crippen LogP contribution in [0.25, 0.3) is 0 Å². The Morgan fingerprint density at radius 1 is 1.47 bits per heavy atom.